The molecule has 1 N–H and O–H groups in total. The molecule has 1 aromatic carbocycles. The minimum atomic E-state index is -3.60. The fourth-order valence-corrected chi connectivity index (χ4v) is 4.75. The van der Waals surface area contributed by atoms with E-state index in [9.17, 15) is 13.5 Å². The molecule has 8 heteroatoms. The van der Waals surface area contributed by atoms with Crippen molar-refractivity contribution in [3.8, 4) is 5.75 Å². The summed E-state index contributed by atoms with van der Waals surface area (Å²) in [4.78, 5) is 2.35. The largest absolute Gasteiger partial charge is 0.497 e. The van der Waals surface area contributed by atoms with Gasteiger partial charge in [-0.2, -0.15) is 4.31 Å². The molecule has 0 bridgehead atoms. The van der Waals surface area contributed by atoms with E-state index >= 15 is 0 Å². The highest BCUT2D eigenvalue weighted by atomic mass is 32.2. The van der Waals surface area contributed by atoms with Gasteiger partial charge in [0.15, 0.2) is 0 Å². The van der Waals surface area contributed by atoms with Gasteiger partial charge in [0.25, 0.3) is 0 Å². The second-order valence-corrected chi connectivity index (χ2v) is 8.31. The Morgan fingerprint density at radius 2 is 1.88 bits per heavy atom. The van der Waals surface area contributed by atoms with E-state index in [-0.39, 0.29) is 11.4 Å². The van der Waals surface area contributed by atoms with Crippen LogP contribution in [0.2, 0.25) is 0 Å². The summed E-state index contributed by atoms with van der Waals surface area (Å²) in [5, 5.41) is 10.8. The lowest BCUT2D eigenvalue weighted by Gasteiger charge is -2.33. The van der Waals surface area contributed by atoms with Crippen molar-refractivity contribution in [3.63, 3.8) is 0 Å². The minimum Gasteiger partial charge on any atom is -0.497 e. The third-order valence-corrected chi connectivity index (χ3v) is 6.48. The molecular formula is C16H24N2O5S. The number of benzene rings is 1. The molecule has 0 spiro atoms. The first-order valence-corrected chi connectivity index (χ1v) is 9.54. The highest BCUT2D eigenvalue weighted by molar-refractivity contribution is 7.89. The lowest BCUT2D eigenvalue weighted by atomic mass is 10.0. The zero-order valence-electron chi connectivity index (χ0n) is 13.8. The van der Waals surface area contributed by atoms with Crippen LogP contribution in [0.1, 0.15) is 6.42 Å². The van der Waals surface area contributed by atoms with Crippen molar-refractivity contribution < 1.29 is 23.0 Å². The van der Waals surface area contributed by atoms with Crippen LogP contribution in [-0.2, 0) is 14.8 Å². The first kappa shape index (κ1) is 17.6. The Balaban J connectivity index is 1.68. The van der Waals surface area contributed by atoms with E-state index in [1.54, 1.807) is 12.1 Å². The van der Waals surface area contributed by atoms with Crippen LogP contribution in [0.15, 0.2) is 29.2 Å². The van der Waals surface area contributed by atoms with Crippen molar-refractivity contribution in [3.05, 3.63) is 24.3 Å². The van der Waals surface area contributed by atoms with Gasteiger partial charge in [0.05, 0.1) is 30.8 Å². The third kappa shape index (κ3) is 3.73. The zero-order valence-corrected chi connectivity index (χ0v) is 14.7. The highest BCUT2D eigenvalue weighted by Crippen LogP contribution is 2.29. The molecule has 1 atom stereocenters. The topological polar surface area (TPSA) is 79.3 Å². The maximum absolute atomic E-state index is 12.8. The fraction of sp³-hybridized carbons (Fsp3) is 0.625. The maximum Gasteiger partial charge on any atom is 0.243 e. The lowest BCUT2D eigenvalue weighted by molar-refractivity contribution is -0.0239. The van der Waals surface area contributed by atoms with Crippen LogP contribution in [0.3, 0.4) is 0 Å². The predicted octanol–water partition coefficient (Wildman–Crippen LogP) is 0.153. The normalized spacial score (nSPS) is 26.6. The van der Waals surface area contributed by atoms with Crippen molar-refractivity contribution in [2.24, 2.45) is 0 Å². The number of sulfonamides is 1. The van der Waals surface area contributed by atoms with Crippen LogP contribution in [0.5, 0.6) is 5.75 Å². The van der Waals surface area contributed by atoms with Gasteiger partial charge in [-0.25, -0.2) is 8.42 Å². The molecule has 0 amide bonds. The summed E-state index contributed by atoms with van der Waals surface area (Å²) in [6.45, 7) is 3.79. The number of hydrogen-bond donors (Lipinski definition) is 1. The number of hydrogen-bond acceptors (Lipinski definition) is 6. The number of ether oxygens (including phenoxy) is 2. The average molecular weight is 356 g/mol. The number of rotatable bonds is 5. The summed E-state index contributed by atoms with van der Waals surface area (Å²) in [7, 11) is -2.06. The summed E-state index contributed by atoms with van der Waals surface area (Å²) >= 11 is 0. The summed E-state index contributed by atoms with van der Waals surface area (Å²) in [6.07, 6.45) is 0.444. The molecule has 0 aliphatic carbocycles. The quantitative estimate of drug-likeness (QED) is 0.809. The zero-order chi connectivity index (χ0) is 17.2. The Labute approximate surface area is 142 Å². The standard InChI is InChI=1S/C16H24N2O5S/c1-22-14-2-4-15(5-3-14)24(20,21)18-7-6-16(19,13-18)12-17-8-10-23-11-9-17/h2-5,19H,6-13H2,1H3/t16-/m1/s1. The Kier molecular flexibility index (Phi) is 5.12. The molecule has 7 nitrogen and oxygen atoms in total. The molecule has 2 fully saturated rings. The molecule has 3 rings (SSSR count). The van der Waals surface area contributed by atoms with Gasteiger partial charge in [-0.05, 0) is 30.7 Å². The van der Waals surface area contributed by atoms with Gasteiger partial charge in [0, 0.05) is 32.7 Å². The van der Waals surface area contributed by atoms with Crippen molar-refractivity contribution in [2.45, 2.75) is 16.9 Å². The van der Waals surface area contributed by atoms with Crippen LogP contribution < -0.4 is 4.74 Å². The molecule has 134 valence electrons. The van der Waals surface area contributed by atoms with Gasteiger partial charge >= 0.3 is 0 Å². The number of morpholine rings is 1. The van der Waals surface area contributed by atoms with Gasteiger partial charge in [0.2, 0.25) is 10.0 Å². The van der Waals surface area contributed by atoms with Gasteiger partial charge in [-0.3, -0.25) is 4.90 Å². The van der Waals surface area contributed by atoms with Gasteiger partial charge < -0.3 is 14.6 Å². The van der Waals surface area contributed by atoms with E-state index in [1.807, 2.05) is 0 Å². The van der Waals surface area contributed by atoms with Crippen molar-refractivity contribution in [2.75, 3.05) is 53.0 Å². The monoisotopic (exact) mass is 356 g/mol. The van der Waals surface area contributed by atoms with Crippen molar-refractivity contribution in [1.82, 2.24) is 9.21 Å². The van der Waals surface area contributed by atoms with Gasteiger partial charge in [-0.15, -0.1) is 0 Å². The summed E-state index contributed by atoms with van der Waals surface area (Å²) in [5.41, 5.74) is -1.00. The third-order valence-electron chi connectivity index (χ3n) is 4.62. The highest BCUT2D eigenvalue weighted by Gasteiger charge is 2.42. The molecule has 24 heavy (non-hydrogen) atoms. The van der Waals surface area contributed by atoms with Crippen LogP contribution in [0.4, 0.5) is 0 Å². The molecule has 2 heterocycles. The van der Waals surface area contributed by atoms with Crippen molar-refractivity contribution in [1.29, 1.82) is 0 Å². The van der Waals surface area contributed by atoms with Crippen LogP contribution in [0, 0.1) is 0 Å². The molecule has 0 aromatic heterocycles. The Hall–Kier alpha value is -1.19. The smallest absolute Gasteiger partial charge is 0.243 e. The molecule has 2 aliphatic rings. The Bertz CT molecular complexity index is 658. The van der Waals surface area contributed by atoms with Crippen LogP contribution in [0.25, 0.3) is 0 Å². The molecule has 0 saturated carbocycles. The van der Waals surface area contributed by atoms with E-state index in [0.717, 1.165) is 13.1 Å². The Morgan fingerprint density at radius 1 is 1.21 bits per heavy atom. The fourth-order valence-electron chi connectivity index (χ4n) is 3.23. The first-order valence-electron chi connectivity index (χ1n) is 8.10. The first-order chi connectivity index (χ1) is 11.4. The second-order valence-electron chi connectivity index (χ2n) is 6.38. The molecular weight excluding hydrogens is 332 g/mol. The summed E-state index contributed by atoms with van der Waals surface area (Å²) in [5.74, 6) is 0.610. The SMILES string of the molecule is COc1ccc(S(=O)(=O)N2CC[C@@](O)(CN3CCOCC3)C2)cc1. The molecule has 2 saturated heterocycles. The molecule has 1 aromatic rings. The lowest BCUT2D eigenvalue weighted by Crippen LogP contribution is -2.49. The number of β-amino-alcohol motifs (C(OH)–C–C–N with tert-alkyl or cyclic N) is 1. The van der Waals surface area contributed by atoms with E-state index in [1.165, 1.54) is 23.5 Å². The van der Waals surface area contributed by atoms with Crippen LogP contribution >= 0.6 is 0 Å². The van der Waals surface area contributed by atoms with Gasteiger partial charge in [0.1, 0.15) is 5.75 Å². The summed E-state index contributed by atoms with van der Waals surface area (Å²) in [6, 6.07) is 6.33. The van der Waals surface area contributed by atoms with Crippen LogP contribution in [-0.4, -0.2) is 81.4 Å². The molecule has 2 aliphatic heterocycles. The maximum atomic E-state index is 12.8. The van der Waals surface area contributed by atoms with Gasteiger partial charge in [-0.1, -0.05) is 0 Å². The second kappa shape index (κ2) is 6.97. The molecule has 0 unspecified atom stereocenters. The predicted molar refractivity (Wildman–Crippen MR) is 88.6 cm³/mol. The van der Waals surface area contributed by atoms with E-state index in [0.29, 0.717) is 38.5 Å². The van der Waals surface area contributed by atoms with E-state index < -0.39 is 15.6 Å². The number of nitrogens with zero attached hydrogens (tertiary/aromatic N) is 2. The number of aliphatic hydroxyl groups is 1. The molecule has 0 radical (unpaired) electrons. The Morgan fingerprint density at radius 3 is 2.50 bits per heavy atom. The summed E-state index contributed by atoms with van der Waals surface area (Å²) < 4.78 is 37.2. The average Bonchev–Trinajstić information content (AvgIpc) is 2.98. The number of methoxy groups -OCH3 is 1. The minimum absolute atomic E-state index is 0.124. The van der Waals surface area contributed by atoms with E-state index in [4.69, 9.17) is 9.47 Å². The van der Waals surface area contributed by atoms with Crippen molar-refractivity contribution >= 4 is 10.0 Å². The van der Waals surface area contributed by atoms with E-state index in [2.05, 4.69) is 4.90 Å².